The number of benzene rings is 1. The highest BCUT2D eigenvalue weighted by Crippen LogP contribution is 2.27. The summed E-state index contributed by atoms with van der Waals surface area (Å²) in [6, 6.07) is 12.6. The summed E-state index contributed by atoms with van der Waals surface area (Å²) in [5, 5.41) is 3.62. The third-order valence-electron chi connectivity index (χ3n) is 6.18. The number of guanidine groups is 1. The molecule has 4 rings (SSSR count). The number of hydrogen-bond acceptors (Lipinski definition) is 4. The summed E-state index contributed by atoms with van der Waals surface area (Å²) in [7, 11) is 1.69. The monoisotopic (exact) mass is 563 g/mol. The molecule has 0 radical (unpaired) electrons. The Morgan fingerprint density at radius 2 is 2.09 bits per heavy atom. The van der Waals surface area contributed by atoms with Crippen LogP contribution in [0.5, 0.6) is 5.75 Å². The second-order valence-corrected chi connectivity index (χ2v) is 8.35. The van der Waals surface area contributed by atoms with Gasteiger partial charge >= 0.3 is 0 Å². The molecule has 0 aliphatic carbocycles. The number of methoxy groups -OCH3 is 1. The molecule has 0 spiro atoms. The first kappa shape index (κ1) is 25.1. The molecular formula is C25H34IN5O2. The number of likely N-dealkylation sites (tertiary alicyclic amines) is 1. The van der Waals surface area contributed by atoms with Crippen LogP contribution < -0.4 is 10.1 Å². The van der Waals surface area contributed by atoms with E-state index in [0.29, 0.717) is 18.5 Å². The maximum absolute atomic E-state index is 5.47. The van der Waals surface area contributed by atoms with E-state index in [1.807, 2.05) is 36.8 Å². The molecule has 2 aromatic heterocycles. The van der Waals surface area contributed by atoms with Crippen molar-refractivity contribution >= 4 is 29.9 Å². The molecule has 0 amide bonds. The molecule has 3 heterocycles. The van der Waals surface area contributed by atoms with E-state index in [0.717, 1.165) is 56.4 Å². The Labute approximate surface area is 213 Å². The molecule has 1 aromatic carbocycles. The van der Waals surface area contributed by atoms with Crippen molar-refractivity contribution in [3.63, 3.8) is 0 Å². The van der Waals surface area contributed by atoms with E-state index in [-0.39, 0.29) is 24.0 Å². The van der Waals surface area contributed by atoms with Gasteiger partial charge < -0.3 is 23.9 Å². The molecule has 2 unspecified atom stereocenters. The molecule has 1 saturated heterocycles. The standard InChI is InChI=1S/C25H33N5O2.HI/c1-20-11-15-29(18-24(20)30-16-14-26-19-30)25(28-13-10-23-4-3-17-32-23)27-12-9-21-5-7-22(31-2)8-6-21;/h3-8,14,16-17,19-20,24H,9-13,15,18H2,1-2H3,(H,27,28);1H. The first-order valence-electron chi connectivity index (χ1n) is 11.4. The van der Waals surface area contributed by atoms with Crippen molar-refractivity contribution < 1.29 is 9.15 Å². The van der Waals surface area contributed by atoms with Gasteiger partial charge in [0.2, 0.25) is 0 Å². The second kappa shape index (κ2) is 12.7. The van der Waals surface area contributed by atoms with Crippen LogP contribution in [-0.4, -0.2) is 53.7 Å². The van der Waals surface area contributed by atoms with Crippen molar-refractivity contribution in [1.29, 1.82) is 0 Å². The van der Waals surface area contributed by atoms with E-state index < -0.39 is 0 Å². The fourth-order valence-corrected chi connectivity index (χ4v) is 4.20. The van der Waals surface area contributed by atoms with E-state index in [2.05, 4.69) is 45.0 Å². The number of furan rings is 1. The van der Waals surface area contributed by atoms with E-state index in [1.54, 1.807) is 13.4 Å². The Balaban J connectivity index is 0.00000306. The Kier molecular flexibility index (Phi) is 9.65. The van der Waals surface area contributed by atoms with E-state index in [9.17, 15) is 0 Å². The predicted molar refractivity (Wildman–Crippen MR) is 141 cm³/mol. The van der Waals surface area contributed by atoms with E-state index in [4.69, 9.17) is 14.1 Å². The van der Waals surface area contributed by atoms with Gasteiger partial charge in [0.05, 0.1) is 25.7 Å². The molecule has 0 saturated carbocycles. The SMILES string of the molecule is COc1ccc(CCNC(=NCCc2ccco2)N2CCC(C)C(n3ccnc3)C2)cc1.I. The highest BCUT2D eigenvalue weighted by Gasteiger charge is 2.29. The molecule has 1 aliphatic rings. The Morgan fingerprint density at radius 3 is 2.79 bits per heavy atom. The quantitative estimate of drug-likeness (QED) is 0.250. The van der Waals surface area contributed by atoms with E-state index in [1.165, 1.54) is 5.56 Å². The minimum absolute atomic E-state index is 0. The van der Waals surface area contributed by atoms with Crippen LogP contribution in [0.2, 0.25) is 0 Å². The van der Waals surface area contributed by atoms with Crippen LogP contribution in [-0.2, 0) is 12.8 Å². The zero-order valence-electron chi connectivity index (χ0n) is 19.4. The van der Waals surface area contributed by atoms with Gasteiger partial charge in [0, 0.05) is 45.0 Å². The largest absolute Gasteiger partial charge is 0.497 e. The summed E-state index contributed by atoms with van der Waals surface area (Å²) in [5.74, 6) is 3.43. The van der Waals surface area contributed by atoms with Crippen LogP contribution in [0.1, 0.15) is 30.7 Å². The summed E-state index contributed by atoms with van der Waals surface area (Å²) in [5.41, 5.74) is 1.27. The molecule has 2 atom stereocenters. The molecule has 1 aliphatic heterocycles. The molecule has 178 valence electrons. The topological polar surface area (TPSA) is 67.8 Å². The van der Waals surface area contributed by atoms with Gasteiger partial charge in [0.15, 0.2) is 5.96 Å². The molecule has 3 aromatic rings. The van der Waals surface area contributed by atoms with Crippen LogP contribution in [0.4, 0.5) is 0 Å². The van der Waals surface area contributed by atoms with Crippen molar-refractivity contribution in [1.82, 2.24) is 19.8 Å². The smallest absolute Gasteiger partial charge is 0.194 e. The number of imidazole rings is 1. The number of nitrogens with one attached hydrogen (secondary N) is 1. The predicted octanol–water partition coefficient (Wildman–Crippen LogP) is 4.42. The van der Waals surface area contributed by atoms with Gasteiger partial charge in [-0.3, -0.25) is 4.99 Å². The number of aromatic nitrogens is 2. The first-order valence-corrected chi connectivity index (χ1v) is 11.4. The molecule has 1 fully saturated rings. The average molecular weight is 563 g/mol. The summed E-state index contributed by atoms with van der Waals surface area (Å²) in [6.45, 7) is 5.77. The first-order chi connectivity index (χ1) is 15.7. The van der Waals surface area contributed by atoms with Crippen LogP contribution in [0, 0.1) is 5.92 Å². The maximum Gasteiger partial charge on any atom is 0.194 e. The zero-order valence-corrected chi connectivity index (χ0v) is 21.7. The van der Waals surface area contributed by atoms with Crippen molar-refractivity contribution in [2.24, 2.45) is 10.9 Å². The normalized spacial score (nSPS) is 18.6. The fourth-order valence-electron chi connectivity index (χ4n) is 4.20. The van der Waals surface area contributed by atoms with Crippen LogP contribution in [0.15, 0.2) is 70.8 Å². The number of ether oxygens (including phenoxy) is 1. The molecule has 8 heteroatoms. The molecule has 33 heavy (non-hydrogen) atoms. The Morgan fingerprint density at radius 1 is 1.24 bits per heavy atom. The fraction of sp³-hybridized carbons (Fsp3) is 0.440. The zero-order chi connectivity index (χ0) is 22.2. The van der Waals surface area contributed by atoms with Crippen molar-refractivity contribution in [2.45, 2.75) is 32.2 Å². The number of aliphatic imine (C=N–C) groups is 1. The molecule has 7 nitrogen and oxygen atoms in total. The summed E-state index contributed by atoms with van der Waals surface area (Å²) in [6.07, 6.45) is 10.4. The van der Waals surface area contributed by atoms with Crippen LogP contribution >= 0.6 is 24.0 Å². The third kappa shape index (κ3) is 6.99. The number of halogens is 1. The van der Waals surface area contributed by atoms with Gasteiger partial charge in [-0.2, -0.15) is 0 Å². The van der Waals surface area contributed by atoms with Gasteiger partial charge in [-0.1, -0.05) is 19.1 Å². The number of nitrogens with zero attached hydrogens (tertiary/aromatic N) is 4. The maximum atomic E-state index is 5.47. The van der Waals surface area contributed by atoms with Crippen molar-refractivity contribution in [3.8, 4) is 5.75 Å². The third-order valence-corrected chi connectivity index (χ3v) is 6.18. The second-order valence-electron chi connectivity index (χ2n) is 8.35. The van der Waals surface area contributed by atoms with Crippen molar-refractivity contribution in [3.05, 3.63) is 72.7 Å². The Hall–Kier alpha value is -2.49. The lowest BCUT2D eigenvalue weighted by Crippen LogP contribution is -2.49. The molecular weight excluding hydrogens is 529 g/mol. The summed E-state index contributed by atoms with van der Waals surface area (Å²) >= 11 is 0. The van der Waals surface area contributed by atoms with Gasteiger partial charge in [-0.25, -0.2) is 4.98 Å². The van der Waals surface area contributed by atoms with Gasteiger partial charge in [0.25, 0.3) is 0 Å². The minimum Gasteiger partial charge on any atom is -0.497 e. The van der Waals surface area contributed by atoms with Crippen LogP contribution in [0.3, 0.4) is 0 Å². The average Bonchev–Trinajstić information content (AvgIpc) is 3.54. The lowest BCUT2D eigenvalue weighted by Gasteiger charge is -2.39. The minimum atomic E-state index is 0. The van der Waals surface area contributed by atoms with Crippen LogP contribution in [0.25, 0.3) is 0 Å². The van der Waals surface area contributed by atoms with Crippen molar-refractivity contribution in [2.75, 3.05) is 33.3 Å². The van der Waals surface area contributed by atoms with E-state index >= 15 is 0 Å². The molecule has 0 bridgehead atoms. The number of piperidine rings is 1. The Bertz CT molecular complexity index is 957. The highest BCUT2D eigenvalue weighted by molar-refractivity contribution is 14.0. The lowest BCUT2D eigenvalue weighted by atomic mass is 9.93. The number of rotatable bonds is 8. The molecule has 1 N–H and O–H groups in total. The highest BCUT2D eigenvalue weighted by atomic mass is 127. The summed E-state index contributed by atoms with van der Waals surface area (Å²) in [4.78, 5) is 11.6. The number of hydrogen-bond donors (Lipinski definition) is 1. The lowest BCUT2D eigenvalue weighted by molar-refractivity contribution is 0.189. The summed E-state index contributed by atoms with van der Waals surface area (Å²) < 4.78 is 13.0. The van der Waals surface area contributed by atoms with Gasteiger partial charge in [-0.05, 0) is 48.6 Å². The van der Waals surface area contributed by atoms with Gasteiger partial charge in [0.1, 0.15) is 11.5 Å². The van der Waals surface area contributed by atoms with Gasteiger partial charge in [-0.15, -0.1) is 24.0 Å².